The van der Waals surface area contributed by atoms with Gasteiger partial charge < -0.3 is 4.90 Å². The second-order valence-electron chi connectivity index (χ2n) is 4.41. The van der Waals surface area contributed by atoms with Gasteiger partial charge in [0.2, 0.25) is 0 Å². The minimum atomic E-state index is 0.805. The maximum absolute atomic E-state index is 6.15. The van der Waals surface area contributed by atoms with Crippen LogP contribution in [0.5, 0.6) is 0 Å². The van der Waals surface area contributed by atoms with E-state index in [4.69, 9.17) is 11.6 Å². The van der Waals surface area contributed by atoms with Gasteiger partial charge in [0.15, 0.2) is 0 Å². The summed E-state index contributed by atoms with van der Waals surface area (Å²) < 4.78 is 0. The SMILES string of the molecule is CN(C)Cc1ccc(Sc2ccccc2Cl)cc1. The van der Waals surface area contributed by atoms with Crippen LogP contribution in [0.25, 0.3) is 0 Å². The molecule has 0 N–H and O–H groups in total. The average molecular weight is 278 g/mol. The molecule has 0 bridgehead atoms. The van der Waals surface area contributed by atoms with Gasteiger partial charge in [-0.15, -0.1) is 0 Å². The highest BCUT2D eigenvalue weighted by Gasteiger charge is 2.02. The highest BCUT2D eigenvalue weighted by molar-refractivity contribution is 7.99. The number of benzene rings is 2. The Morgan fingerprint density at radius 3 is 2.28 bits per heavy atom. The molecule has 1 nitrogen and oxygen atoms in total. The molecule has 0 radical (unpaired) electrons. The van der Waals surface area contributed by atoms with Crippen molar-refractivity contribution in [3.63, 3.8) is 0 Å². The largest absolute Gasteiger partial charge is 0.305 e. The summed E-state index contributed by atoms with van der Waals surface area (Å²) >= 11 is 7.84. The van der Waals surface area contributed by atoms with E-state index in [0.717, 1.165) is 16.5 Å². The fourth-order valence-corrected chi connectivity index (χ4v) is 2.77. The number of halogens is 1. The van der Waals surface area contributed by atoms with Crippen LogP contribution in [0.3, 0.4) is 0 Å². The summed E-state index contributed by atoms with van der Waals surface area (Å²) in [4.78, 5) is 4.47. The van der Waals surface area contributed by atoms with Gasteiger partial charge in [0.05, 0.1) is 5.02 Å². The molecule has 0 aliphatic carbocycles. The summed E-state index contributed by atoms with van der Waals surface area (Å²) in [5.74, 6) is 0. The van der Waals surface area contributed by atoms with E-state index in [-0.39, 0.29) is 0 Å². The van der Waals surface area contributed by atoms with Crippen molar-refractivity contribution in [2.45, 2.75) is 16.3 Å². The number of nitrogens with zero attached hydrogens (tertiary/aromatic N) is 1. The number of hydrogen-bond donors (Lipinski definition) is 0. The molecule has 0 aromatic heterocycles. The monoisotopic (exact) mass is 277 g/mol. The van der Waals surface area contributed by atoms with Crippen LogP contribution in [-0.2, 0) is 6.54 Å². The third kappa shape index (κ3) is 3.77. The highest BCUT2D eigenvalue weighted by Crippen LogP contribution is 2.32. The third-order valence-corrected chi connectivity index (χ3v) is 4.01. The van der Waals surface area contributed by atoms with Gasteiger partial charge in [-0.05, 0) is 43.9 Å². The quantitative estimate of drug-likeness (QED) is 0.806. The molecule has 0 aliphatic rings. The molecular weight excluding hydrogens is 262 g/mol. The van der Waals surface area contributed by atoms with Gasteiger partial charge in [-0.2, -0.15) is 0 Å². The van der Waals surface area contributed by atoms with Crippen LogP contribution in [0.4, 0.5) is 0 Å². The fraction of sp³-hybridized carbons (Fsp3) is 0.200. The van der Waals surface area contributed by atoms with Gasteiger partial charge in [0, 0.05) is 16.3 Å². The minimum absolute atomic E-state index is 0.805. The lowest BCUT2D eigenvalue weighted by Gasteiger charge is -2.10. The van der Waals surface area contributed by atoms with Crippen LogP contribution >= 0.6 is 23.4 Å². The molecule has 3 heteroatoms. The molecule has 0 atom stereocenters. The Morgan fingerprint density at radius 1 is 1.00 bits per heavy atom. The van der Waals surface area contributed by atoms with Crippen molar-refractivity contribution >= 4 is 23.4 Å². The van der Waals surface area contributed by atoms with E-state index in [1.54, 1.807) is 11.8 Å². The van der Waals surface area contributed by atoms with Crippen LogP contribution < -0.4 is 0 Å². The lowest BCUT2D eigenvalue weighted by atomic mass is 10.2. The summed E-state index contributed by atoms with van der Waals surface area (Å²) in [6.07, 6.45) is 0. The Hall–Kier alpha value is -0.960. The number of hydrogen-bond acceptors (Lipinski definition) is 2. The molecule has 0 saturated heterocycles. The minimum Gasteiger partial charge on any atom is -0.305 e. The van der Waals surface area contributed by atoms with E-state index < -0.39 is 0 Å². The summed E-state index contributed by atoms with van der Waals surface area (Å²) in [5.41, 5.74) is 1.32. The predicted molar refractivity (Wildman–Crippen MR) is 79.4 cm³/mol. The topological polar surface area (TPSA) is 3.24 Å². The maximum Gasteiger partial charge on any atom is 0.0545 e. The smallest absolute Gasteiger partial charge is 0.0545 e. The standard InChI is InChI=1S/C15H16ClNS/c1-17(2)11-12-7-9-13(10-8-12)18-15-6-4-3-5-14(15)16/h3-10H,11H2,1-2H3. The van der Waals surface area contributed by atoms with Gasteiger partial charge in [-0.25, -0.2) is 0 Å². The van der Waals surface area contributed by atoms with E-state index in [1.807, 2.05) is 24.3 Å². The Labute approximate surface area is 118 Å². The third-order valence-electron chi connectivity index (χ3n) is 2.49. The van der Waals surface area contributed by atoms with Crippen LogP contribution in [0.1, 0.15) is 5.56 Å². The second-order valence-corrected chi connectivity index (χ2v) is 5.94. The van der Waals surface area contributed by atoms with Crippen molar-refractivity contribution in [2.75, 3.05) is 14.1 Å². The number of rotatable bonds is 4. The van der Waals surface area contributed by atoms with Crippen molar-refractivity contribution in [3.05, 3.63) is 59.1 Å². The Bertz CT molecular complexity index is 508. The maximum atomic E-state index is 6.15. The zero-order valence-corrected chi connectivity index (χ0v) is 12.1. The van der Waals surface area contributed by atoms with Crippen molar-refractivity contribution in [1.29, 1.82) is 0 Å². The van der Waals surface area contributed by atoms with E-state index in [2.05, 4.69) is 43.3 Å². The summed E-state index contributed by atoms with van der Waals surface area (Å²) in [6.45, 7) is 0.969. The van der Waals surface area contributed by atoms with Gasteiger partial charge >= 0.3 is 0 Å². The van der Waals surface area contributed by atoms with Crippen molar-refractivity contribution in [3.8, 4) is 0 Å². The lowest BCUT2D eigenvalue weighted by Crippen LogP contribution is -2.10. The Kier molecular flexibility index (Phi) is 4.70. The first-order valence-corrected chi connectivity index (χ1v) is 7.00. The van der Waals surface area contributed by atoms with E-state index in [1.165, 1.54) is 10.5 Å². The van der Waals surface area contributed by atoms with Crippen LogP contribution in [-0.4, -0.2) is 19.0 Å². The van der Waals surface area contributed by atoms with Crippen LogP contribution in [0, 0.1) is 0 Å². The molecule has 18 heavy (non-hydrogen) atoms. The molecule has 2 aromatic rings. The zero-order chi connectivity index (χ0) is 13.0. The lowest BCUT2D eigenvalue weighted by molar-refractivity contribution is 0.402. The summed E-state index contributed by atoms with van der Waals surface area (Å²) in [6, 6.07) is 16.5. The Morgan fingerprint density at radius 2 is 1.67 bits per heavy atom. The average Bonchev–Trinajstić information content (AvgIpc) is 2.34. The molecule has 0 fully saturated rings. The molecule has 94 valence electrons. The van der Waals surface area contributed by atoms with Gasteiger partial charge in [0.1, 0.15) is 0 Å². The first kappa shape index (κ1) is 13.5. The zero-order valence-electron chi connectivity index (χ0n) is 10.6. The van der Waals surface area contributed by atoms with Gasteiger partial charge in [-0.3, -0.25) is 0 Å². The molecule has 0 heterocycles. The van der Waals surface area contributed by atoms with E-state index in [9.17, 15) is 0 Å². The second kappa shape index (κ2) is 6.28. The van der Waals surface area contributed by atoms with Gasteiger partial charge in [-0.1, -0.05) is 47.6 Å². The van der Waals surface area contributed by atoms with E-state index in [0.29, 0.717) is 0 Å². The molecule has 0 unspecified atom stereocenters. The summed E-state index contributed by atoms with van der Waals surface area (Å²) in [5, 5.41) is 0.805. The first-order chi connectivity index (χ1) is 8.65. The van der Waals surface area contributed by atoms with E-state index >= 15 is 0 Å². The first-order valence-electron chi connectivity index (χ1n) is 5.81. The van der Waals surface area contributed by atoms with Crippen LogP contribution in [0.2, 0.25) is 5.02 Å². The fourth-order valence-electron chi connectivity index (χ4n) is 1.68. The predicted octanol–water partition coefficient (Wildman–Crippen LogP) is 4.55. The molecule has 0 saturated carbocycles. The highest BCUT2D eigenvalue weighted by atomic mass is 35.5. The Balaban J connectivity index is 2.09. The van der Waals surface area contributed by atoms with Crippen molar-refractivity contribution in [2.24, 2.45) is 0 Å². The molecule has 0 aliphatic heterocycles. The molecule has 2 aromatic carbocycles. The van der Waals surface area contributed by atoms with Crippen LogP contribution in [0.15, 0.2) is 58.3 Å². The van der Waals surface area contributed by atoms with Gasteiger partial charge in [0.25, 0.3) is 0 Å². The van der Waals surface area contributed by atoms with Crippen molar-refractivity contribution < 1.29 is 0 Å². The molecule has 0 amide bonds. The molecular formula is C15H16ClNS. The molecule has 0 spiro atoms. The summed E-state index contributed by atoms with van der Waals surface area (Å²) in [7, 11) is 4.15. The molecule has 2 rings (SSSR count). The van der Waals surface area contributed by atoms with Crippen molar-refractivity contribution in [1.82, 2.24) is 4.90 Å². The normalized spacial score (nSPS) is 10.9.